The highest BCUT2D eigenvalue weighted by Crippen LogP contribution is 2.26. The molecular weight excluding hydrogens is 278 g/mol. The molecule has 0 aliphatic rings. The summed E-state index contributed by atoms with van der Waals surface area (Å²) in [7, 11) is 6.33. The molecule has 0 bridgehead atoms. The van der Waals surface area contributed by atoms with E-state index in [1.54, 1.807) is 0 Å². The van der Waals surface area contributed by atoms with Crippen LogP contribution in [0.5, 0.6) is 0 Å². The zero-order valence-electron chi connectivity index (χ0n) is 10.9. The van der Waals surface area contributed by atoms with E-state index in [4.69, 9.17) is 5.73 Å². The maximum Gasteiger partial charge on any atom is 0.0508 e. The van der Waals surface area contributed by atoms with Crippen LogP contribution in [0.3, 0.4) is 0 Å². The minimum Gasteiger partial charge on any atom is -0.374 e. The van der Waals surface area contributed by atoms with Crippen molar-refractivity contribution in [3.05, 3.63) is 28.2 Å². The van der Waals surface area contributed by atoms with Gasteiger partial charge in [-0.15, -0.1) is 0 Å². The Morgan fingerprint density at radius 3 is 2.41 bits per heavy atom. The number of nitrogens with two attached hydrogens (primary N) is 1. The van der Waals surface area contributed by atoms with E-state index in [1.807, 2.05) is 0 Å². The van der Waals surface area contributed by atoms with Crippen LogP contribution in [0.2, 0.25) is 0 Å². The van der Waals surface area contributed by atoms with E-state index < -0.39 is 0 Å². The van der Waals surface area contributed by atoms with Gasteiger partial charge in [-0.2, -0.15) is 0 Å². The Hall–Kier alpha value is -0.580. The quantitative estimate of drug-likeness (QED) is 0.875. The average molecular weight is 300 g/mol. The molecule has 0 fully saturated rings. The summed E-state index contributed by atoms with van der Waals surface area (Å²) >= 11 is 3.60. The van der Waals surface area contributed by atoms with Crippen LogP contribution in [-0.4, -0.2) is 39.1 Å². The van der Waals surface area contributed by atoms with Gasteiger partial charge >= 0.3 is 0 Å². The minimum absolute atomic E-state index is 0.587. The molecule has 1 aromatic carbocycles. The molecule has 0 amide bonds. The van der Waals surface area contributed by atoms with Crippen LogP contribution in [0.25, 0.3) is 0 Å². The smallest absolute Gasteiger partial charge is 0.0508 e. The lowest BCUT2D eigenvalue weighted by atomic mass is 10.2. The van der Waals surface area contributed by atoms with Crippen molar-refractivity contribution in [3.8, 4) is 0 Å². The van der Waals surface area contributed by atoms with Gasteiger partial charge in [-0.05, 0) is 60.7 Å². The number of hydrogen-bond acceptors (Lipinski definition) is 3. The van der Waals surface area contributed by atoms with E-state index >= 15 is 0 Å². The summed E-state index contributed by atoms with van der Waals surface area (Å²) in [5, 5.41) is 0. The molecule has 17 heavy (non-hydrogen) atoms. The van der Waals surface area contributed by atoms with Gasteiger partial charge in [-0.25, -0.2) is 0 Å². The van der Waals surface area contributed by atoms with Crippen molar-refractivity contribution in [1.29, 1.82) is 0 Å². The Morgan fingerprint density at radius 2 is 1.88 bits per heavy atom. The zero-order chi connectivity index (χ0) is 12.8. The number of hydrogen-bond donors (Lipinski definition) is 1. The van der Waals surface area contributed by atoms with Gasteiger partial charge in [-0.1, -0.05) is 6.07 Å². The number of halogens is 1. The van der Waals surface area contributed by atoms with E-state index in [0.29, 0.717) is 6.54 Å². The molecule has 0 heterocycles. The Kier molecular flexibility index (Phi) is 5.95. The van der Waals surface area contributed by atoms with Gasteiger partial charge in [0.25, 0.3) is 0 Å². The molecule has 0 aromatic heterocycles. The van der Waals surface area contributed by atoms with Crippen LogP contribution >= 0.6 is 15.9 Å². The van der Waals surface area contributed by atoms with Crippen molar-refractivity contribution in [3.63, 3.8) is 0 Å². The van der Waals surface area contributed by atoms with Crippen molar-refractivity contribution in [2.24, 2.45) is 5.73 Å². The van der Waals surface area contributed by atoms with E-state index in [-0.39, 0.29) is 0 Å². The minimum atomic E-state index is 0.587. The van der Waals surface area contributed by atoms with Crippen LogP contribution in [0.1, 0.15) is 12.0 Å². The van der Waals surface area contributed by atoms with Gasteiger partial charge in [0.1, 0.15) is 0 Å². The van der Waals surface area contributed by atoms with Gasteiger partial charge < -0.3 is 15.5 Å². The Balaban J connectivity index is 2.59. The summed E-state index contributed by atoms with van der Waals surface area (Å²) in [6.45, 7) is 2.75. The monoisotopic (exact) mass is 299 g/mol. The van der Waals surface area contributed by atoms with Crippen LogP contribution in [0.15, 0.2) is 22.7 Å². The van der Waals surface area contributed by atoms with Crippen molar-refractivity contribution in [2.45, 2.75) is 13.0 Å². The lowest BCUT2D eigenvalue weighted by Gasteiger charge is -2.22. The first-order chi connectivity index (χ1) is 8.04. The summed E-state index contributed by atoms with van der Waals surface area (Å²) < 4.78 is 1.12. The molecule has 0 atom stereocenters. The van der Waals surface area contributed by atoms with Crippen LogP contribution < -0.4 is 10.6 Å². The molecule has 0 aliphatic carbocycles. The third kappa shape index (κ3) is 4.66. The first kappa shape index (κ1) is 14.5. The fourth-order valence-corrected chi connectivity index (χ4v) is 2.46. The maximum absolute atomic E-state index is 5.62. The Morgan fingerprint density at radius 1 is 1.18 bits per heavy atom. The third-order valence-electron chi connectivity index (χ3n) is 2.76. The lowest BCUT2D eigenvalue weighted by molar-refractivity contribution is 0.401. The predicted molar refractivity (Wildman–Crippen MR) is 78.5 cm³/mol. The molecular formula is C13H22BrN3. The van der Waals surface area contributed by atoms with E-state index in [2.05, 4.69) is 65.1 Å². The Bertz CT molecular complexity index is 353. The SMILES string of the molecule is CN(C)CCCN(C)c1ccc(CN)cc1Br. The highest BCUT2D eigenvalue weighted by molar-refractivity contribution is 9.10. The van der Waals surface area contributed by atoms with Gasteiger partial charge in [-0.3, -0.25) is 0 Å². The van der Waals surface area contributed by atoms with Crippen molar-refractivity contribution in [2.75, 3.05) is 39.1 Å². The summed E-state index contributed by atoms with van der Waals surface area (Å²) in [6.07, 6.45) is 1.16. The van der Waals surface area contributed by atoms with E-state index in [9.17, 15) is 0 Å². The standard InChI is InChI=1S/C13H22BrN3/c1-16(2)7-4-8-17(3)13-6-5-11(10-15)9-12(13)14/h5-6,9H,4,7-8,10,15H2,1-3H3. The molecule has 1 aromatic rings. The summed E-state index contributed by atoms with van der Waals surface area (Å²) in [4.78, 5) is 4.48. The molecule has 0 saturated carbocycles. The molecule has 0 aliphatic heterocycles. The summed E-state index contributed by atoms with van der Waals surface area (Å²) in [5.41, 5.74) is 8.00. The van der Waals surface area contributed by atoms with Crippen molar-refractivity contribution >= 4 is 21.6 Å². The topological polar surface area (TPSA) is 32.5 Å². The third-order valence-corrected chi connectivity index (χ3v) is 3.39. The highest BCUT2D eigenvalue weighted by Gasteiger charge is 2.06. The molecule has 0 saturated heterocycles. The van der Waals surface area contributed by atoms with Gasteiger partial charge in [0.05, 0.1) is 5.69 Å². The average Bonchev–Trinajstić information content (AvgIpc) is 2.28. The molecule has 0 radical (unpaired) electrons. The zero-order valence-corrected chi connectivity index (χ0v) is 12.5. The highest BCUT2D eigenvalue weighted by atomic mass is 79.9. The second-order valence-electron chi connectivity index (χ2n) is 4.57. The number of rotatable bonds is 6. The largest absolute Gasteiger partial charge is 0.374 e. The molecule has 2 N–H and O–H groups in total. The first-order valence-electron chi connectivity index (χ1n) is 5.89. The van der Waals surface area contributed by atoms with Gasteiger partial charge in [0.2, 0.25) is 0 Å². The second kappa shape index (κ2) is 6.99. The molecule has 96 valence electrons. The van der Waals surface area contributed by atoms with E-state index in [0.717, 1.165) is 29.5 Å². The molecule has 4 heteroatoms. The molecule has 1 rings (SSSR count). The molecule has 0 spiro atoms. The van der Waals surface area contributed by atoms with Crippen LogP contribution in [0, 0.1) is 0 Å². The van der Waals surface area contributed by atoms with Gasteiger partial charge in [0, 0.05) is 24.6 Å². The summed E-state index contributed by atoms with van der Waals surface area (Å²) in [6, 6.07) is 6.31. The second-order valence-corrected chi connectivity index (χ2v) is 5.42. The number of anilines is 1. The Labute approximate surface area is 113 Å². The first-order valence-corrected chi connectivity index (χ1v) is 6.68. The molecule has 3 nitrogen and oxygen atoms in total. The van der Waals surface area contributed by atoms with Crippen molar-refractivity contribution < 1.29 is 0 Å². The maximum atomic E-state index is 5.62. The summed E-state index contributed by atoms with van der Waals surface area (Å²) in [5.74, 6) is 0. The van der Waals surface area contributed by atoms with Crippen molar-refractivity contribution in [1.82, 2.24) is 4.90 Å². The number of benzene rings is 1. The number of nitrogens with zero attached hydrogens (tertiary/aromatic N) is 2. The van der Waals surface area contributed by atoms with Crippen LogP contribution in [-0.2, 0) is 6.54 Å². The fraction of sp³-hybridized carbons (Fsp3) is 0.538. The van der Waals surface area contributed by atoms with Crippen LogP contribution in [0.4, 0.5) is 5.69 Å². The fourth-order valence-electron chi connectivity index (χ4n) is 1.73. The predicted octanol–water partition coefficient (Wildman–Crippen LogP) is 2.30. The van der Waals surface area contributed by atoms with E-state index in [1.165, 1.54) is 5.69 Å². The normalized spacial score (nSPS) is 10.9. The molecule has 0 unspecified atom stereocenters. The lowest BCUT2D eigenvalue weighted by Crippen LogP contribution is -2.23. The van der Waals surface area contributed by atoms with Gasteiger partial charge in [0.15, 0.2) is 0 Å².